The summed E-state index contributed by atoms with van der Waals surface area (Å²) in [6.07, 6.45) is -0.357. The molecule has 2 rings (SSSR count). The Morgan fingerprint density at radius 1 is 0.815 bits per heavy atom. The maximum Gasteiger partial charge on any atom is 0.231 e. The topological polar surface area (TPSA) is 68.3 Å². The van der Waals surface area contributed by atoms with Crippen LogP contribution in [0.2, 0.25) is 0 Å². The van der Waals surface area contributed by atoms with Gasteiger partial charge >= 0.3 is 0 Å². The summed E-state index contributed by atoms with van der Waals surface area (Å²) in [7, 11) is -8.64. The molecule has 4 nitrogen and oxygen atoms in total. The van der Waals surface area contributed by atoms with Crippen LogP contribution in [0.4, 0.5) is 17.6 Å². The fourth-order valence-electron chi connectivity index (χ4n) is 2.04. The molecule has 0 atom stereocenters. The Bertz CT molecular complexity index is 1130. The van der Waals surface area contributed by atoms with Crippen molar-refractivity contribution in [3.8, 4) is 11.2 Å². The summed E-state index contributed by atoms with van der Waals surface area (Å²) in [5.74, 6) is -2.50. The Kier molecular flexibility index (Phi) is 6.28. The Morgan fingerprint density at radius 2 is 1.41 bits per heavy atom. The molecule has 0 spiro atoms. The van der Waals surface area contributed by atoms with E-state index in [9.17, 15) is 34.4 Å². The minimum Gasteiger partial charge on any atom is -0.228 e. The Labute approximate surface area is 153 Å². The van der Waals surface area contributed by atoms with Crippen molar-refractivity contribution in [1.82, 2.24) is 0 Å². The summed E-state index contributed by atoms with van der Waals surface area (Å²) in [6.45, 7) is 0. The molecule has 0 unspecified atom stereocenters. The SMILES string of the molecule is O=S(=O)(C#Cc1ccc(F)cc1F)CS(=O)(=O)CCc1ccc(F)cc1F. The second kappa shape index (κ2) is 8.10. The second-order valence-corrected chi connectivity index (χ2v) is 9.79. The van der Waals surface area contributed by atoms with E-state index in [1.165, 1.54) is 0 Å². The third kappa shape index (κ3) is 6.37. The number of hydrogen-bond donors (Lipinski definition) is 0. The van der Waals surface area contributed by atoms with Crippen LogP contribution in [-0.4, -0.2) is 27.7 Å². The lowest BCUT2D eigenvalue weighted by Crippen LogP contribution is -2.19. The first-order valence-corrected chi connectivity index (χ1v) is 10.8. The molecular weight excluding hydrogens is 408 g/mol. The van der Waals surface area contributed by atoms with E-state index < -0.39 is 59.3 Å². The van der Waals surface area contributed by atoms with Gasteiger partial charge in [-0.3, -0.25) is 0 Å². The fourth-order valence-corrected chi connectivity index (χ4v) is 5.43. The quantitative estimate of drug-likeness (QED) is 0.551. The molecule has 0 aromatic heterocycles. The van der Waals surface area contributed by atoms with E-state index in [4.69, 9.17) is 0 Å². The molecule has 144 valence electrons. The zero-order chi connectivity index (χ0) is 20.2. The van der Waals surface area contributed by atoms with Gasteiger partial charge in [0.15, 0.2) is 14.9 Å². The molecule has 0 saturated carbocycles. The van der Waals surface area contributed by atoms with Gasteiger partial charge in [0.05, 0.1) is 11.3 Å². The molecule has 2 aromatic rings. The van der Waals surface area contributed by atoms with E-state index in [2.05, 4.69) is 0 Å². The van der Waals surface area contributed by atoms with Gasteiger partial charge < -0.3 is 0 Å². The van der Waals surface area contributed by atoms with Gasteiger partial charge in [0, 0.05) is 17.4 Å². The van der Waals surface area contributed by atoms with Crippen LogP contribution < -0.4 is 0 Å². The molecule has 0 fully saturated rings. The highest BCUT2D eigenvalue weighted by atomic mass is 32.3. The standard InChI is InChI=1S/C17H12F4O4S2/c18-14-3-1-12(16(20)9-14)5-7-26(22,23)11-27(24,25)8-6-13-2-4-15(19)10-17(13)21/h1-4,9-10H,5,7,11H2. The minimum atomic E-state index is -4.45. The van der Waals surface area contributed by atoms with Gasteiger partial charge in [0.1, 0.15) is 23.3 Å². The lowest BCUT2D eigenvalue weighted by atomic mass is 10.1. The van der Waals surface area contributed by atoms with Gasteiger partial charge in [0.2, 0.25) is 9.84 Å². The summed E-state index contributed by atoms with van der Waals surface area (Å²) in [4.78, 5) is 0. The third-order valence-corrected chi connectivity index (χ3v) is 7.22. The molecule has 0 aliphatic carbocycles. The number of sulfone groups is 2. The zero-order valence-corrected chi connectivity index (χ0v) is 15.2. The van der Waals surface area contributed by atoms with E-state index in [1.807, 2.05) is 5.92 Å². The average molecular weight is 420 g/mol. The largest absolute Gasteiger partial charge is 0.231 e. The molecule has 0 amide bonds. The van der Waals surface area contributed by atoms with Gasteiger partial charge in [-0.15, -0.1) is 0 Å². The first-order valence-electron chi connectivity index (χ1n) is 7.32. The van der Waals surface area contributed by atoms with Crippen molar-refractivity contribution in [1.29, 1.82) is 0 Å². The molecule has 0 heterocycles. The average Bonchev–Trinajstić information content (AvgIpc) is 2.52. The highest BCUT2D eigenvalue weighted by Gasteiger charge is 2.21. The van der Waals surface area contributed by atoms with Crippen LogP contribution in [0.3, 0.4) is 0 Å². The van der Waals surface area contributed by atoms with Crippen molar-refractivity contribution in [2.75, 3.05) is 10.8 Å². The van der Waals surface area contributed by atoms with Gasteiger partial charge in [-0.25, -0.2) is 34.4 Å². The normalized spacial score (nSPS) is 11.7. The molecule has 0 N–H and O–H groups in total. The monoisotopic (exact) mass is 420 g/mol. The first kappa shape index (κ1) is 20.9. The highest BCUT2D eigenvalue weighted by molar-refractivity contribution is 8.10. The van der Waals surface area contributed by atoms with E-state index in [0.29, 0.717) is 12.1 Å². The molecule has 0 aliphatic heterocycles. The lowest BCUT2D eigenvalue weighted by Gasteiger charge is -2.04. The summed E-state index contributed by atoms with van der Waals surface area (Å²) >= 11 is 0. The zero-order valence-electron chi connectivity index (χ0n) is 13.5. The number of rotatable bonds is 5. The summed E-state index contributed by atoms with van der Waals surface area (Å²) in [5.41, 5.74) is -0.498. The molecule has 0 saturated heterocycles. The van der Waals surface area contributed by atoms with Gasteiger partial charge in [-0.1, -0.05) is 6.07 Å². The van der Waals surface area contributed by atoms with Gasteiger partial charge in [-0.2, -0.15) is 0 Å². The second-order valence-electron chi connectivity index (χ2n) is 5.52. The van der Waals surface area contributed by atoms with Crippen LogP contribution in [0.15, 0.2) is 36.4 Å². The highest BCUT2D eigenvalue weighted by Crippen LogP contribution is 2.12. The maximum absolute atomic E-state index is 13.5. The fraction of sp³-hybridized carbons (Fsp3) is 0.176. The minimum absolute atomic E-state index is 0.0863. The van der Waals surface area contributed by atoms with Crippen molar-refractivity contribution < 1.29 is 34.4 Å². The van der Waals surface area contributed by atoms with Crippen molar-refractivity contribution in [2.24, 2.45) is 0 Å². The number of halogens is 4. The van der Waals surface area contributed by atoms with Crippen LogP contribution in [0, 0.1) is 34.4 Å². The van der Waals surface area contributed by atoms with E-state index in [0.717, 1.165) is 24.3 Å². The molecule has 0 radical (unpaired) electrons. The summed E-state index contributed by atoms with van der Waals surface area (Å²) in [5, 5.41) is 0.317. The Balaban J connectivity index is 2.10. The predicted octanol–water partition coefficient (Wildman–Crippen LogP) is 2.58. The molecule has 27 heavy (non-hydrogen) atoms. The van der Waals surface area contributed by atoms with Crippen LogP contribution >= 0.6 is 0 Å². The smallest absolute Gasteiger partial charge is 0.228 e. The maximum atomic E-state index is 13.5. The molecular formula is C17H12F4O4S2. The van der Waals surface area contributed by atoms with Crippen LogP contribution in [0.1, 0.15) is 11.1 Å². The summed E-state index contributed by atoms with van der Waals surface area (Å²) < 4.78 is 100. The predicted molar refractivity (Wildman–Crippen MR) is 90.9 cm³/mol. The third-order valence-electron chi connectivity index (χ3n) is 3.30. The van der Waals surface area contributed by atoms with E-state index >= 15 is 0 Å². The van der Waals surface area contributed by atoms with Crippen molar-refractivity contribution >= 4 is 19.7 Å². The van der Waals surface area contributed by atoms with Crippen molar-refractivity contribution in [3.05, 3.63) is 70.8 Å². The Morgan fingerprint density at radius 3 is 2.00 bits per heavy atom. The van der Waals surface area contributed by atoms with E-state index in [-0.39, 0.29) is 12.0 Å². The van der Waals surface area contributed by atoms with Gasteiger partial charge in [0.25, 0.3) is 0 Å². The Hall–Kier alpha value is -2.38. The van der Waals surface area contributed by atoms with E-state index in [1.54, 1.807) is 5.25 Å². The first-order chi connectivity index (χ1) is 12.5. The molecule has 10 heteroatoms. The van der Waals surface area contributed by atoms with Crippen LogP contribution in [0.25, 0.3) is 0 Å². The summed E-state index contributed by atoms with van der Waals surface area (Å²) in [6, 6.07) is 4.88. The molecule has 0 aliphatic rings. The van der Waals surface area contributed by atoms with Crippen molar-refractivity contribution in [2.45, 2.75) is 6.42 Å². The van der Waals surface area contributed by atoms with Crippen LogP contribution in [-0.2, 0) is 26.1 Å². The number of benzene rings is 2. The molecule has 2 aromatic carbocycles. The van der Waals surface area contributed by atoms with Gasteiger partial charge in [-0.05, 0) is 36.1 Å². The molecule has 0 bridgehead atoms. The van der Waals surface area contributed by atoms with Crippen molar-refractivity contribution in [3.63, 3.8) is 0 Å². The number of aryl methyl sites for hydroxylation is 1. The number of hydrogen-bond acceptors (Lipinski definition) is 4. The lowest BCUT2D eigenvalue weighted by molar-refractivity contribution is 0.572. The van der Waals surface area contributed by atoms with Crippen LogP contribution in [0.5, 0.6) is 0 Å².